The van der Waals surface area contributed by atoms with Crippen molar-refractivity contribution < 1.29 is 9.53 Å². The van der Waals surface area contributed by atoms with E-state index >= 15 is 0 Å². The van der Waals surface area contributed by atoms with Gasteiger partial charge in [-0.1, -0.05) is 33.1 Å². The van der Waals surface area contributed by atoms with Crippen LogP contribution in [0.5, 0.6) is 5.88 Å². The summed E-state index contributed by atoms with van der Waals surface area (Å²) in [6.07, 6.45) is 6.55. The smallest absolute Gasteiger partial charge is 0.221 e. The number of hydrogen-bond acceptors (Lipinski definition) is 4. The van der Waals surface area contributed by atoms with E-state index in [2.05, 4.69) is 29.6 Å². The lowest BCUT2D eigenvalue weighted by Crippen LogP contribution is -2.37. The van der Waals surface area contributed by atoms with Crippen LogP contribution in [0.15, 0.2) is 0 Å². The van der Waals surface area contributed by atoms with Crippen LogP contribution in [0.25, 0.3) is 0 Å². The van der Waals surface area contributed by atoms with Gasteiger partial charge >= 0.3 is 0 Å². The Morgan fingerprint density at radius 3 is 2.67 bits per heavy atom. The van der Waals surface area contributed by atoms with Crippen LogP contribution in [0.2, 0.25) is 0 Å². The molecule has 0 saturated heterocycles. The van der Waals surface area contributed by atoms with Crippen LogP contribution in [0.4, 0.5) is 0 Å². The Hall–Kier alpha value is -1.56. The molecular formula is C18H32N4O2. The van der Waals surface area contributed by atoms with Gasteiger partial charge in [0.2, 0.25) is 11.8 Å². The summed E-state index contributed by atoms with van der Waals surface area (Å²) in [5, 5.41) is 11.1. The lowest BCUT2D eigenvalue weighted by atomic mass is 9.95. The van der Waals surface area contributed by atoms with Gasteiger partial charge < -0.3 is 15.4 Å². The fourth-order valence-corrected chi connectivity index (χ4v) is 3.42. The number of rotatable bonds is 8. The second kappa shape index (κ2) is 9.06. The Kier molecular flexibility index (Phi) is 7.09. The SMILES string of the molecule is COc1c(CNCCC(=O)NC2CCCCC2)c(C(C)C)nn1C. The molecule has 6 nitrogen and oxygen atoms in total. The topological polar surface area (TPSA) is 68.2 Å². The van der Waals surface area contributed by atoms with Crippen molar-refractivity contribution in [1.29, 1.82) is 0 Å². The second-order valence-corrected chi connectivity index (χ2v) is 6.98. The number of methoxy groups -OCH3 is 1. The van der Waals surface area contributed by atoms with Crippen LogP contribution in [0.1, 0.15) is 69.5 Å². The number of carbonyl (C=O) groups is 1. The fourth-order valence-electron chi connectivity index (χ4n) is 3.42. The Morgan fingerprint density at radius 2 is 2.04 bits per heavy atom. The molecule has 1 amide bonds. The lowest BCUT2D eigenvalue weighted by molar-refractivity contribution is -0.121. The van der Waals surface area contributed by atoms with Crippen LogP contribution < -0.4 is 15.4 Å². The minimum absolute atomic E-state index is 0.150. The number of amides is 1. The van der Waals surface area contributed by atoms with Crippen molar-refractivity contribution >= 4 is 5.91 Å². The minimum Gasteiger partial charge on any atom is -0.481 e. The number of ether oxygens (including phenoxy) is 1. The second-order valence-electron chi connectivity index (χ2n) is 6.98. The molecule has 0 radical (unpaired) electrons. The largest absolute Gasteiger partial charge is 0.481 e. The van der Waals surface area contributed by atoms with Crippen molar-refractivity contribution in [3.63, 3.8) is 0 Å². The average molecular weight is 336 g/mol. The Balaban J connectivity index is 1.78. The van der Waals surface area contributed by atoms with Gasteiger partial charge in [-0.15, -0.1) is 0 Å². The zero-order chi connectivity index (χ0) is 17.5. The van der Waals surface area contributed by atoms with Crippen LogP contribution in [-0.2, 0) is 18.4 Å². The number of nitrogens with one attached hydrogen (secondary N) is 2. The van der Waals surface area contributed by atoms with E-state index in [1.807, 2.05) is 7.05 Å². The highest BCUT2D eigenvalue weighted by Crippen LogP contribution is 2.26. The van der Waals surface area contributed by atoms with Crippen LogP contribution in [0, 0.1) is 0 Å². The Bertz CT molecular complexity index is 533. The molecule has 136 valence electrons. The number of aromatic nitrogens is 2. The number of hydrogen-bond donors (Lipinski definition) is 2. The molecule has 1 aliphatic carbocycles. The molecule has 1 fully saturated rings. The predicted molar refractivity (Wildman–Crippen MR) is 95.2 cm³/mol. The monoisotopic (exact) mass is 336 g/mol. The van der Waals surface area contributed by atoms with Gasteiger partial charge in [-0.05, 0) is 18.8 Å². The number of aryl methyl sites for hydroxylation is 1. The van der Waals surface area contributed by atoms with Gasteiger partial charge in [-0.25, -0.2) is 4.68 Å². The van der Waals surface area contributed by atoms with E-state index in [-0.39, 0.29) is 5.91 Å². The summed E-state index contributed by atoms with van der Waals surface area (Å²) in [6, 6.07) is 0.386. The van der Waals surface area contributed by atoms with E-state index in [4.69, 9.17) is 4.74 Å². The summed E-state index contributed by atoms with van der Waals surface area (Å²) in [6.45, 7) is 5.58. The van der Waals surface area contributed by atoms with Gasteiger partial charge in [0, 0.05) is 32.6 Å². The molecule has 2 N–H and O–H groups in total. The van der Waals surface area contributed by atoms with E-state index < -0.39 is 0 Å². The zero-order valence-corrected chi connectivity index (χ0v) is 15.5. The van der Waals surface area contributed by atoms with Gasteiger partial charge in [0.05, 0.1) is 18.4 Å². The summed E-state index contributed by atoms with van der Waals surface area (Å²) in [7, 11) is 3.56. The van der Waals surface area contributed by atoms with Gasteiger partial charge in [-0.2, -0.15) is 5.10 Å². The highest BCUT2D eigenvalue weighted by Gasteiger charge is 2.19. The maximum absolute atomic E-state index is 12.0. The fraction of sp³-hybridized carbons (Fsp3) is 0.778. The Labute approximate surface area is 145 Å². The molecule has 24 heavy (non-hydrogen) atoms. The highest BCUT2D eigenvalue weighted by atomic mass is 16.5. The van der Waals surface area contributed by atoms with Gasteiger partial charge in [0.25, 0.3) is 0 Å². The maximum atomic E-state index is 12.0. The van der Waals surface area contributed by atoms with Gasteiger partial charge in [-0.3, -0.25) is 4.79 Å². The summed E-state index contributed by atoms with van der Waals surface area (Å²) < 4.78 is 7.25. The molecule has 1 saturated carbocycles. The molecule has 1 aliphatic rings. The highest BCUT2D eigenvalue weighted by molar-refractivity contribution is 5.76. The van der Waals surface area contributed by atoms with Crippen molar-refractivity contribution in [2.45, 2.75) is 70.9 Å². The summed E-state index contributed by atoms with van der Waals surface area (Å²) >= 11 is 0. The lowest BCUT2D eigenvalue weighted by Gasteiger charge is -2.22. The third kappa shape index (κ3) is 4.97. The van der Waals surface area contributed by atoms with E-state index in [0.717, 1.165) is 30.0 Å². The quantitative estimate of drug-likeness (QED) is 0.716. The first kappa shape index (κ1) is 18.8. The van der Waals surface area contributed by atoms with E-state index in [9.17, 15) is 4.79 Å². The normalized spacial score (nSPS) is 15.7. The third-order valence-corrected chi connectivity index (χ3v) is 4.66. The van der Waals surface area contributed by atoms with Crippen LogP contribution in [-0.4, -0.2) is 35.4 Å². The first-order valence-corrected chi connectivity index (χ1v) is 9.12. The summed E-state index contributed by atoms with van der Waals surface area (Å²) in [5.74, 6) is 1.28. The number of nitrogens with zero attached hydrogens (tertiary/aromatic N) is 2. The average Bonchev–Trinajstić information content (AvgIpc) is 2.88. The predicted octanol–water partition coefficient (Wildman–Crippen LogP) is 2.48. The molecule has 6 heteroatoms. The van der Waals surface area contributed by atoms with Gasteiger partial charge in [0.15, 0.2) is 0 Å². The molecule has 1 heterocycles. The molecule has 0 spiro atoms. The molecule has 0 unspecified atom stereocenters. The molecule has 0 atom stereocenters. The molecule has 0 bridgehead atoms. The Morgan fingerprint density at radius 1 is 1.33 bits per heavy atom. The summed E-state index contributed by atoms with van der Waals surface area (Å²) in [4.78, 5) is 12.0. The molecule has 0 aliphatic heterocycles. The maximum Gasteiger partial charge on any atom is 0.221 e. The zero-order valence-electron chi connectivity index (χ0n) is 15.5. The molecule has 1 aromatic rings. The number of carbonyl (C=O) groups excluding carboxylic acids is 1. The van der Waals surface area contributed by atoms with Crippen LogP contribution in [0.3, 0.4) is 0 Å². The van der Waals surface area contributed by atoms with Crippen molar-refractivity contribution in [2.75, 3.05) is 13.7 Å². The van der Waals surface area contributed by atoms with E-state index in [1.54, 1.807) is 11.8 Å². The first-order valence-electron chi connectivity index (χ1n) is 9.12. The first-order chi connectivity index (χ1) is 11.5. The molecule has 0 aromatic carbocycles. The standard InChI is InChI=1S/C18H32N4O2/c1-13(2)17-15(18(24-4)22(3)21-17)12-19-11-10-16(23)20-14-8-6-5-7-9-14/h13-14,19H,5-12H2,1-4H3,(H,20,23). The summed E-state index contributed by atoms with van der Waals surface area (Å²) in [5.41, 5.74) is 2.14. The molecular weight excluding hydrogens is 304 g/mol. The van der Waals surface area contributed by atoms with E-state index in [0.29, 0.717) is 31.5 Å². The van der Waals surface area contributed by atoms with Crippen LogP contribution >= 0.6 is 0 Å². The minimum atomic E-state index is 0.150. The third-order valence-electron chi connectivity index (χ3n) is 4.66. The van der Waals surface area contributed by atoms with Gasteiger partial charge in [0.1, 0.15) is 0 Å². The van der Waals surface area contributed by atoms with E-state index in [1.165, 1.54) is 19.3 Å². The van der Waals surface area contributed by atoms with Crippen molar-refractivity contribution in [1.82, 2.24) is 20.4 Å². The van der Waals surface area contributed by atoms with Crippen molar-refractivity contribution in [3.05, 3.63) is 11.3 Å². The van der Waals surface area contributed by atoms with Crippen molar-refractivity contribution in [3.8, 4) is 5.88 Å². The molecule has 2 rings (SSSR count). The van der Waals surface area contributed by atoms with Crippen molar-refractivity contribution in [2.24, 2.45) is 7.05 Å². The molecule has 1 aromatic heterocycles.